The normalized spacial score (nSPS) is 25.9. The Balaban J connectivity index is 1.87. The highest BCUT2D eigenvalue weighted by molar-refractivity contribution is 5.31. The zero-order valence-corrected chi connectivity index (χ0v) is 16.7. The maximum Gasteiger partial charge on any atom is 0.125 e. The first kappa shape index (κ1) is 18.7. The summed E-state index contributed by atoms with van der Waals surface area (Å²) in [6.45, 7) is 10.4. The maximum atomic E-state index is 7.32. The van der Waals surface area contributed by atoms with E-state index in [1.54, 1.807) is 0 Å². The third-order valence-corrected chi connectivity index (χ3v) is 6.13. The highest BCUT2D eigenvalue weighted by Gasteiger charge is 2.61. The van der Waals surface area contributed by atoms with E-state index in [9.17, 15) is 0 Å². The molecule has 0 amide bonds. The molecule has 2 heterocycles. The zero-order chi connectivity index (χ0) is 19.1. The molecular weight excluding hydrogens is 336 g/mol. The molecule has 27 heavy (non-hydrogen) atoms. The Kier molecular flexibility index (Phi) is 4.87. The summed E-state index contributed by atoms with van der Waals surface area (Å²) in [5, 5.41) is 0. The Morgan fingerprint density at radius 3 is 1.30 bits per heavy atom. The molecular formula is C24H30O3. The molecule has 3 nitrogen and oxygen atoms in total. The van der Waals surface area contributed by atoms with Crippen LogP contribution in [0.2, 0.25) is 0 Å². The Labute approximate surface area is 162 Å². The summed E-state index contributed by atoms with van der Waals surface area (Å²) in [6.07, 6.45) is 0.140. The predicted molar refractivity (Wildman–Crippen MR) is 106 cm³/mol. The first-order valence-electron chi connectivity index (χ1n) is 10.1. The van der Waals surface area contributed by atoms with Crippen molar-refractivity contribution in [3.8, 4) is 0 Å². The quantitative estimate of drug-likeness (QED) is 0.623. The fourth-order valence-corrected chi connectivity index (χ4v) is 4.54. The van der Waals surface area contributed by atoms with Gasteiger partial charge in [0, 0.05) is 0 Å². The Hall–Kier alpha value is -1.68. The number of ether oxygens (including phenoxy) is 3. The van der Waals surface area contributed by atoms with Crippen molar-refractivity contribution in [2.45, 2.75) is 51.1 Å². The van der Waals surface area contributed by atoms with Crippen molar-refractivity contribution < 1.29 is 14.2 Å². The van der Waals surface area contributed by atoms with Gasteiger partial charge in [0.15, 0.2) is 0 Å². The molecule has 2 aliphatic heterocycles. The van der Waals surface area contributed by atoms with E-state index in [0.29, 0.717) is 0 Å². The number of rotatable bonds is 8. The van der Waals surface area contributed by atoms with Gasteiger partial charge in [0.05, 0.1) is 13.2 Å². The average Bonchev–Trinajstić information content (AvgIpc) is 3.57. The number of epoxide rings is 2. The second kappa shape index (κ2) is 7.05. The van der Waals surface area contributed by atoms with Gasteiger partial charge in [-0.15, -0.1) is 0 Å². The molecule has 2 fully saturated rings. The molecule has 0 aliphatic carbocycles. The van der Waals surface area contributed by atoms with Gasteiger partial charge in [-0.3, -0.25) is 0 Å². The number of benzene rings is 2. The fraction of sp³-hybridized carbons (Fsp3) is 0.500. The smallest absolute Gasteiger partial charge is 0.125 e. The Morgan fingerprint density at radius 1 is 0.704 bits per heavy atom. The minimum atomic E-state index is -0.507. The van der Waals surface area contributed by atoms with Crippen LogP contribution in [0.25, 0.3) is 0 Å². The molecule has 3 heteroatoms. The molecule has 0 N–H and O–H groups in total. The van der Waals surface area contributed by atoms with Crippen LogP contribution in [0.5, 0.6) is 0 Å². The second-order valence-corrected chi connectivity index (χ2v) is 8.37. The first-order valence-corrected chi connectivity index (χ1v) is 10.1. The van der Waals surface area contributed by atoms with E-state index in [0.717, 1.165) is 13.2 Å². The summed E-state index contributed by atoms with van der Waals surface area (Å²) in [5.41, 5.74) is 1.36. The molecule has 4 rings (SSSR count). The van der Waals surface area contributed by atoms with E-state index in [4.69, 9.17) is 14.2 Å². The van der Waals surface area contributed by atoms with Gasteiger partial charge in [0.2, 0.25) is 0 Å². The SMILES string of the molecule is CC(C)C(OC(c1ccccc1)(C(C)C)C1CO1)(c1ccccc1)C1CO1. The van der Waals surface area contributed by atoms with Crippen LogP contribution >= 0.6 is 0 Å². The minimum Gasteiger partial charge on any atom is -0.370 e. The van der Waals surface area contributed by atoms with E-state index in [1.807, 2.05) is 0 Å². The van der Waals surface area contributed by atoms with Crippen LogP contribution in [0, 0.1) is 11.8 Å². The fourth-order valence-electron chi connectivity index (χ4n) is 4.54. The molecule has 0 saturated carbocycles. The van der Waals surface area contributed by atoms with E-state index < -0.39 is 11.2 Å². The lowest BCUT2D eigenvalue weighted by atomic mass is 9.75. The van der Waals surface area contributed by atoms with Crippen LogP contribution in [-0.4, -0.2) is 25.4 Å². The van der Waals surface area contributed by atoms with Crippen molar-refractivity contribution >= 4 is 0 Å². The average molecular weight is 367 g/mol. The standard InChI is InChI=1S/C24H30O3/c1-17(2)23(21-15-25-21,19-11-7-5-8-12-19)27-24(18(3)4,22-16-26-22)20-13-9-6-10-14-20/h5-14,17-18,21-22H,15-16H2,1-4H3. The third kappa shape index (κ3) is 3.12. The Morgan fingerprint density at radius 2 is 1.04 bits per heavy atom. The molecule has 0 radical (unpaired) electrons. The van der Waals surface area contributed by atoms with Gasteiger partial charge >= 0.3 is 0 Å². The summed E-state index contributed by atoms with van der Waals surface area (Å²) < 4.78 is 19.1. The molecule has 2 aromatic rings. The molecule has 4 atom stereocenters. The van der Waals surface area contributed by atoms with Crippen molar-refractivity contribution in [1.29, 1.82) is 0 Å². The van der Waals surface area contributed by atoms with Crippen LogP contribution in [0.1, 0.15) is 38.8 Å². The molecule has 4 unspecified atom stereocenters. The lowest BCUT2D eigenvalue weighted by Crippen LogP contribution is -2.52. The minimum absolute atomic E-state index is 0.0699. The van der Waals surface area contributed by atoms with Gasteiger partial charge in [-0.2, -0.15) is 0 Å². The van der Waals surface area contributed by atoms with E-state index >= 15 is 0 Å². The lowest BCUT2D eigenvalue weighted by Gasteiger charge is -2.48. The number of hydrogen-bond acceptors (Lipinski definition) is 3. The molecule has 2 saturated heterocycles. The van der Waals surface area contributed by atoms with E-state index in [2.05, 4.69) is 88.4 Å². The van der Waals surface area contributed by atoms with Crippen LogP contribution in [0.15, 0.2) is 60.7 Å². The Bertz CT molecular complexity index is 676. The summed E-state index contributed by atoms with van der Waals surface area (Å²) >= 11 is 0. The van der Waals surface area contributed by atoms with Gasteiger partial charge < -0.3 is 14.2 Å². The van der Waals surface area contributed by atoms with Gasteiger partial charge in [-0.1, -0.05) is 88.4 Å². The topological polar surface area (TPSA) is 34.3 Å². The summed E-state index contributed by atoms with van der Waals surface area (Å²) in [6, 6.07) is 21.2. The summed E-state index contributed by atoms with van der Waals surface area (Å²) in [4.78, 5) is 0. The molecule has 2 aliphatic rings. The van der Waals surface area contributed by atoms with Crippen molar-refractivity contribution in [3.63, 3.8) is 0 Å². The van der Waals surface area contributed by atoms with Crippen molar-refractivity contribution in [2.75, 3.05) is 13.2 Å². The molecule has 2 aromatic carbocycles. The molecule has 144 valence electrons. The zero-order valence-electron chi connectivity index (χ0n) is 16.7. The van der Waals surface area contributed by atoms with Gasteiger partial charge in [0.1, 0.15) is 23.4 Å². The summed E-state index contributed by atoms with van der Waals surface area (Å²) in [5.74, 6) is 0.515. The highest BCUT2D eigenvalue weighted by Crippen LogP contribution is 2.53. The van der Waals surface area contributed by atoms with Gasteiger partial charge in [0.25, 0.3) is 0 Å². The maximum absolute atomic E-state index is 7.32. The van der Waals surface area contributed by atoms with Crippen LogP contribution < -0.4 is 0 Å². The van der Waals surface area contributed by atoms with Crippen LogP contribution in [-0.2, 0) is 25.4 Å². The molecule has 0 aromatic heterocycles. The third-order valence-electron chi connectivity index (χ3n) is 6.13. The van der Waals surface area contributed by atoms with E-state index in [-0.39, 0.29) is 24.0 Å². The summed E-state index contributed by atoms with van der Waals surface area (Å²) in [7, 11) is 0. The second-order valence-electron chi connectivity index (χ2n) is 8.37. The highest BCUT2D eigenvalue weighted by atomic mass is 16.6. The van der Waals surface area contributed by atoms with E-state index in [1.165, 1.54) is 11.1 Å². The van der Waals surface area contributed by atoms with Crippen molar-refractivity contribution in [3.05, 3.63) is 71.8 Å². The van der Waals surface area contributed by atoms with Gasteiger partial charge in [-0.25, -0.2) is 0 Å². The van der Waals surface area contributed by atoms with Crippen LogP contribution in [0.4, 0.5) is 0 Å². The van der Waals surface area contributed by atoms with Crippen LogP contribution in [0.3, 0.4) is 0 Å². The largest absolute Gasteiger partial charge is 0.370 e. The first-order chi connectivity index (χ1) is 13.0. The molecule has 0 bridgehead atoms. The van der Waals surface area contributed by atoms with Crippen molar-refractivity contribution in [2.24, 2.45) is 11.8 Å². The predicted octanol–water partition coefficient (Wildman–Crippen LogP) is 4.90. The monoisotopic (exact) mass is 366 g/mol. The van der Waals surface area contributed by atoms with Gasteiger partial charge in [-0.05, 0) is 23.0 Å². The number of hydrogen-bond donors (Lipinski definition) is 0. The lowest BCUT2D eigenvalue weighted by molar-refractivity contribution is -0.226. The molecule has 0 spiro atoms. The van der Waals surface area contributed by atoms with Crippen molar-refractivity contribution in [1.82, 2.24) is 0 Å².